The molecule has 0 fully saturated rings. The van der Waals surface area contributed by atoms with E-state index in [9.17, 15) is 4.79 Å². The zero-order valence-electron chi connectivity index (χ0n) is 12.8. The number of rotatable bonds is 6. The summed E-state index contributed by atoms with van der Waals surface area (Å²) in [5, 5.41) is 7.07. The van der Waals surface area contributed by atoms with Crippen LogP contribution in [0.4, 0.5) is 0 Å². The van der Waals surface area contributed by atoms with Gasteiger partial charge >= 0.3 is 0 Å². The first-order valence-corrected chi connectivity index (χ1v) is 7.49. The summed E-state index contributed by atoms with van der Waals surface area (Å²) in [4.78, 5) is 12.0. The highest BCUT2D eigenvalue weighted by molar-refractivity contribution is 6.30. The molecular weight excluding hydrogens is 272 g/mol. The molecule has 1 aromatic carbocycles. The lowest BCUT2D eigenvalue weighted by Gasteiger charge is -2.21. The maximum absolute atomic E-state index is 12.0. The number of amides is 1. The van der Waals surface area contributed by atoms with Crippen molar-refractivity contribution in [2.24, 2.45) is 0 Å². The Morgan fingerprint density at radius 2 is 2.05 bits per heavy atom. The minimum Gasteiger partial charge on any atom is -0.349 e. The van der Waals surface area contributed by atoms with Crippen molar-refractivity contribution in [2.45, 2.75) is 52.1 Å². The van der Waals surface area contributed by atoms with Gasteiger partial charge in [0.25, 0.3) is 0 Å². The second kappa shape index (κ2) is 7.65. The van der Waals surface area contributed by atoms with E-state index >= 15 is 0 Å². The lowest BCUT2D eigenvalue weighted by atomic mass is 10.0. The van der Waals surface area contributed by atoms with Gasteiger partial charge in [0.1, 0.15) is 0 Å². The molecule has 1 atom stereocenters. The Morgan fingerprint density at radius 3 is 2.60 bits per heavy atom. The first kappa shape index (κ1) is 17.0. The molecule has 0 heterocycles. The average Bonchev–Trinajstić information content (AvgIpc) is 2.34. The monoisotopic (exact) mass is 296 g/mol. The van der Waals surface area contributed by atoms with E-state index in [1.54, 1.807) is 0 Å². The Kier molecular flexibility index (Phi) is 6.50. The van der Waals surface area contributed by atoms with Gasteiger partial charge in [0.05, 0.1) is 6.04 Å². The van der Waals surface area contributed by atoms with Gasteiger partial charge in [-0.1, -0.05) is 30.7 Å². The molecule has 112 valence electrons. The molecule has 0 bridgehead atoms. The van der Waals surface area contributed by atoms with Gasteiger partial charge in [0, 0.05) is 23.5 Å². The minimum atomic E-state index is 0.0239. The van der Waals surface area contributed by atoms with E-state index in [1.807, 2.05) is 24.3 Å². The van der Waals surface area contributed by atoms with Crippen molar-refractivity contribution in [3.63, 3.8) is 0 Å². The first-order chi connectivity index (χ1) is 9.31. The van der Waals surface area contributed by atoms with Crippen LogP contribution in [0.1, 0.15) is 52.1 Å². The molecule has 0 aliphatic heterocycles. The fraction of sp³-hybridized carbons (Fsp3) is 0.562. The summed E-state index contributed by atoms with van der Waals surface area (Å²) in [6.07, 6.45) is 1.33. The number of hydrogen-bond acceptors (Lipinski definition) is 2. The Hall–Kier alpha value is -1.06. The highest BCUT2D eigenvalue weighted by Crippen LogP contribution is 2.20. The highest BCUT2D eigenvalue weighted by Gasteiger charge is 2.14. The van der Waals surface area contributed by atoms with Crippen LogP contribution in [-0.2, 0) is 4.79 Å². The highest BCUT2D eigenvalue weighted by atomic mass is 35.5. The topological polar surface area (TPSA) is 41.1 Å². The number of halogens is 1. The van der Waals surface area contributed by atoms with Crippen molar-refractivity contribution < 1.29 is 4.79 Å². The minimum absolute atomic E-state index is 0.0239. The number of benzene rings is 1. The molecule has 1 unspecified atom stereocenters. The first-order valence-electron chi connectivity index (χ1n) is 7.11. The standard InChI is InChI=1S/C16H25ClN2O/c1-5-14(12-7-6-8-13(17)11-12)19-15(20)9-10-18-16(2,3)4/h6-8,11,14,18H,5,9-10H2,1-4H3,(H,19,20). The maximum Gasteiger partial charge on any atom is 0.221 e. The van der Waals surface area contributed by atoms with Gasteiger partial charge in [-0.3, -0.25) is 4.79 Å². The van der Waals surface area contributed by atoms with Gasteiger partial charge < -0.3 is 10.6 Å². The SMILES string of the molecule is CCC(NC(=O)CCNC(C)(C)C)c1cccc(Cl)c1. The van der Waals surface area contributed by atoms with Crippen molar-refractivity contribution in [3.8, 4) is 0 Å². The zero-order chi connectivity index (χ0) is 15.2. The van der Waals surface area contributed by atoms with Gasteiger partial charge in [-0.05, 0) is 44.9 Å². The van der Waals surface area contributed by atoms with Gasteiger partial charge in [-0.2, -0.15) is 0 Å². The van der Waals surface area contributed by atoms with E-state index in [1.165, 1.54) is 0 Å². The summed E-state index contributed by atoms with van der Waals surface area (Å²) in [7, 11) is 0. The van der Waals surface area contributed by atoms with Gasteiger partial charge in [0.2, 0.25) is 5.91 Å². The van der Waals surface area contributed by atoms with Crippen LogP contribution in [0.3, 0.4) is 0 Å². The van der Waals surface area contributed by atoms with E-state index < -0.39 is 0 Å². The van der Waals surface area contributed by atoms with Crippen molar-refractivity contribution in [1.29, 1.82) is 0 Å². The van der Waals surface area contributed by atoms with Crippen LogP contribution in [0.15, 0.2) is 24.3 Å². The molecule has 1 amide bonds. The lowest BCUT2D eigenvalue weighted by Crippen LogP contribution is -2.39. The molecule has 0 saturated carbocycles. The molecule has 3 nitrogen and oxygen atoms in total. The number of carbonyl (C=O) groups excluding carboxylic acids is 1. The molecule has 0 aliphatic carbocycles. The van der Waals surface area contributed by atoms with Crippen LogP contribution in [0.2, 0.25) is 5.02 Å². The molecule has 0 saturated heterocycles. The van der Waals surface area contributed by atoms with Gasteiger partial charge in [0.15, 0.2) is 0 Å². The summed E-state index contributed by atoms with van der Waals surface area (Å²) in [6.45, 7) is 9.00. The summed E-state index contributed by atoms with van der Waals surface area (Å²) in [5.41, 5.74) is 1.09. The molecular formula is C16H25ClN2O. The molecule has 4 heteroatoms. The molecule has 1 rings (SSSR count). The van der Waals surface area contributed by atoms with E-state index in [2.05, 4.69) is 38.3 Å². The molecule has 2 N–H and O–H groups in total. The Morgan fingerprint density at radius 1 is 1.35 bits per heavy atom. The third-order valence-electron chi connectivity index (χ3n) is 3.00. The molecule has 1 aromatic rings. The maximum atomic E-state index is 12.0. The second-order valence-corrected chi connectivity index (χ2v) is 6.45. The van der Waals surface area contributed by atoms with Crippen molar-refractivity contribution in [3.05, 3.63) is 34.9 Å². The summed E-state index contributed by atoms with van der Waals surface area (Å²) >= 11 is 5.99. The third-order valence-corrected chi connectivity index (χ3v) is 3.24. The fourth-order valence-corrected chi connectivity index (χ4v) is 2.16. The predicted octanol–water partition coefficient (Wildman–Crippen LogP) is 3.69. The van der Waals surface area contributed by atoms with Crippen LogP contribution in [-0.4, -0.2) is 18.0 Å². The van der Waals surface area contributed by atoms with Crippen LogP contribution < -0.4 is 10.6 Å². The quantitative estimate of drug-likeness (QED) is 0.840. The third kappa shape index (κ3) is 6.40. The number of carbonyl (C=O) groups is 1. The largest absolute Gasteiger partial charge is 0.349 e. The fourth-order valence-electron chi connectivity index (χ4n) is 1.96. The van der Waals surface area contributed by atoms with E-state index in [-0.39, 0.29) is 17.5 Å². The summed E-state index contributed by atoms with van der Waals surface area (Å²) in [6, 6.07) is 7.67. The molecule has 0 radical (unpaired) electrons. The summed E-state index contributed by atoms with van der Waals surface area (Å²) < 4.78 is 0. The molecule has 20 heavy (non-hydrogen) atoms. The molecule has 0 aliphatic rings. The molecule has 0 spiro atoms. The molecule has 0 aromatic heterocycles. The van der Waals surface area contributed by atoms with Crippen LogP contribution in [0, 0.1) is 0 Å². The zero-order valence-corrected chi connectivity index (χ0v) is 13.6. The van der Waals surface area contributed by atoms with Crippen molar-refractivity contribution >= 4 is 17.5 Å². The smallest absolute Gasteiger partial charge is 0.221 e. The van der Waals surface area contributed by atoms with Crippen molar-refractivity contribution in [2.75, 3.05) is 6.54 Å². The average molecular weight is 297 g/mol. The van der Waals surface area contributed by atoms with Crippen molar-refractivity contribution in [1.82, 2.24) is 10.6 Å². The predicted molar refractivity (Wildman–Crippen MR) is 85.0 cm³/mol. The van der Waals surface area contributed by atoms with Crippen LogP contribution in [0.25, 0.3) is 0 Å². The summed E-state index contributed by atoms with van der Waals surface area (Å²) in [5.74, 6) is 0.0635. The van der Waals surface area contributed by atoms with E-state index in [4.69, 9.17) is 11.6 Å². The van der Waals surface area contributed by atoms with E-state index in [0.29, 0.717) is 18.0 Å². The normalized spacial score (nSPS) is 13.1. The van der Waals surface area contributed by atoms with E-state index in [0.717, 1.165) is 12.0 Å². The van der Waals surface area contributed by atoms with Crippen LogP contribution in [0.5, 0.6) is 0 Å². The number of hydrogen-bond donors (Lipinski definition) is 2. The van der Waals surface area contributed by atoms with Gasteiger partial charge in [-0.15, -0.1) is 0 Å². The number of nitrogens with one attached hydrogen (secondary N) is 2. The second-order valence-electron chi connectivity index (χ2n) is 6.01. The Bertz CT molecular complexity index is 440. The Balaban J connectivity index is 2.50. The van der Waals surface area contributed by atoms with Crippen LogP contribution >= 0.6 is 11.6 Å². The van der Waals surface area contributed by atoms with Gasteiger partial charge in [-0.25, -0.2) is 0 Å². The Labute approximate surface area is 127 Å². The lowest BCUT2D eigenvalue weighted by molar-refractivity contribution is -0.121.